The van der Waals surface area contributed by atoms with Crippen LogP contribution in [-0.4, -0.2) is 13.9 Å². The van der Waals surface area contributed by atoms with Gasteiger partial charge in [0.2, 0.25) is 6.79 Å². The van der Waals surface area contributed by atoms with Gasteiger partial charge in [0.05, 0.1) is 7.11 Å². The Morgan fingerprint density at radius 2 is 1.78 bits per heavy atom. The van der Waals surface area contributed by atoms with Crippen molar-refractivity contribution in [3.05, 3.63) is 69.9 Å². The van der Waals surface area contributed by atoms with Crippen molar-refractivity contribution >= 4 is 11.3 Å². The number of methoxy groups -OCH3 is 1. The van der Waals surface area contributed by atoms with Crippen LogP contribution in [0, 0.1) is 0 Å². The van der Waals surface area contributed by atoms with E-state index in [-0.39, 0.29) is 0 Å². The summed E-state index contributed by atoms with van der Waals surface area (Å²) >= 11 is 1.69. The number of rotatable bonds is 8. The van der Waals surface area contributed by atoms with E-state index in [1.165, 1.54) is 16.0 Å². The molecule has 140 valence electrons. The van der Waals surface area contributed by atoms with Crippen molar-refractivity contribution < 1.29 is 24.3 Å². The summed E-state index contributed by atoms with van der Waals surface area (Å²) in [7, 11) is 1.67. The van der Waals surface area contributed by atoms with E-state index in [1.807, 2.05) is 30.3 Å². The fraction of sp³-hybridized carbons (Fsp3) is 0.238. The van der Waals surface area contributed by atoms with Gasteiger partial charge in [-0.05, 0) is 47.8 Å². The molecule has 6 heteroatoms. The lowest BCUT2D eigenvalue weighted by atomic mass is 10.1. The Labute approximate surface area is 162 Å². The molecular weight excluding hydrogens is 362 g/mol. The van der Waals surface area contributed by atoms with Crippen LogP contribution in [-0.2, 0) is 19.7 Å². The molecule has 0 atom stereocenters. The summed E-state index contributed by atoms with van der Waals surface area (Å²) in [4.78, 5) is 1.19. The lowest BCUT2D eigenvalue weighted by molar-refractivity contribution is -0.686. The molecule has 27 heavy (non-hydrogen) atoms. The molecule has 2 aromatic carbocycles. The number of benzene rings is 2. The van der Waals surface area contributed by atoms with Gasteiger partial charge in [-0.15, -0.1) is 11.3 Å². The maximum absolute atomic E-state index is 5.89. The van der Waals surface area contributed by atoms with Crippen molar-refractivity contribution in [3.63, 3.8) is 0 Å². The fourth-order valence-corrected chi connectivity index (χ4v) is 3.59. The van der Waals surface area contributed by atoms with Crippen molar-refractivity contribution in [2.75, 3.05) is 13.9 Å². The van der Waals surface area contributed by atoms with Crippen LogP contribution in [0.15, 0.2) is 53.9 Å². The highest BCUT2D eigenvalue weighted by Crippen LogP contribution is 2.32. The van der Waals surface area contributed by atoms with Gasteiger partial charge < -0.3 is 24.3 Å². The predicted octanol–water partition coefficient (Wildman–Crippen LogP) is 3.33. The highest BCUT2D eigenvalue weighted by atomic mass is 32.1. The first-order valence-corrected chi connectivity index (χ1v) is 9.72. The normalized spacial score (nSPS) is 12.2. The molecule has 0 saturated carbocycles. The average Bonchev–Trinajstić information content (AvgIpc) is 3.38. The zero-order valence-electron chi connectivity index (χ0n) is 15.1. The minimum absolute atomic E-state index is 0.309. The number of ether oxygens (including phenoxy) is 4. The molecule has 2 N–H and O–H groups in total. The number of hydrogen-bond donors (Lipinski definition) is 1. The van der Waals surface area contributed by atoms with Crippen molar-refractivity contribution in [2.45, 2.75) is 19.7 Å². The van der Waals surface area contributed by atoms with E-state index in [0.29, 0.717) is 13.4 Å². The van der Waals surface area contributed by atoms with Crippen LogP contribution in [0.4, 0.5) is 0 Å². The first kappa shape index (κ1) is 17.7. The zero-order chi connectivity index (χ0) is 18.5. The Morgan fingerprint density at radius 1 is 0.963 bits per heavy atom. The van der Waals surface area contributed by atoms with E-state index in [2.05, 4.69) is 28.9 Å². The minimum Gasteiger partial charge on any atom is -0.493 e. The van der Waals surface area contributed by atoms with Gasteiger partial charge in [0.1, 0.15) is 19.7 Å². The molecule has 0 fully saturated rings. The van der Waals surface area contributed by atoms with Crippen LogP contribution >= 0.6 is 11.3 Å². The molecule has 0 radical (unpaired) electrons. The van der Waals surface area contributed by atoms with Crippen LogP contribution in [0.1, 0.15) is 16.0 Å². The van der Waals surface area contributed by atoms with Crippen molar-refractivity contribution in [3.8, 4) is 23.0 Å². The summed E-state index contributed by atoms with van der Waals surface area (Å²) < 4.78 is 22.2. The predicted molar refractivity (Wildman–Crippen MR) is 104 cm³/mol. The van der Waals surface area contributed by atoms with E-state index < -0.39 is 0 Å². The zero-order valence-corrected chi connectivity index (χ0v) is 16.0. The molecule has 3 aromatic rings. The largest absolute Gasteiger partial charge is 0.493 e. The molecule has 0 amide bonds. The summed E-state index contributed by atoms with van der Waals surface area (Å²) in [5, 5.41) is 4.30. The van der Waals surface area contributed by atoms with Gasteiger partial charge in [0.15, 0.2) is 23.0 Å². The second-order valence-corrected chi connectivity index (χ2v) is 7.27. The molecule has 0 spiro atoms. The molecule has 2 heterocycles. The molecule has 4 rings (SSSR count). The molecule has 5 nitrogen and oxygen atoms in total. The first-order valence-electron chi connectivity index (χ1n) is 8.84. The summed E-state index contributed by atoms with van der Waals surface area (Å²) in [6.07, 6.45) is 0. The second kappa shape index (κ2) is 8.33. The van der Waals surface area contributed by atoms with E-state index in [1.54, 1.807) is 18.4 Å². The quantitative estimate of drug-likeness (QED) is 0.647. The summed E-state index contributed by atoms with van der Waals surface area (Å²) in [6, 6.07) is 16.3. The first-order chi connectivity index (χ1) is 13.3. The van der Waals surface area contributed by atoms with Crippen LogP contribution in [0.25, 0.3) is 0 Å². The third kappa shape index (κ3) is 4.35. The van der Waals surface area contributed by atoms with Gasteiger partial charge in [0.25, 0.3) is 0 Å². The Kier molecular flexibility index (Phi) is 5.46. The van der Waals surface area contributed by atoms with Crippen LogP contribution in [0.5, 0.6) is 23.0 Å². The van der Waals surface area contributed by atoms with E-state index >= 15 is 0 Å². The minimum atomic E-state index is 0.309. The maximum atomic E-state index is 5.89. The number of thiophene rings is 1. The van der Waals surface area contributed by atoms with Crippen molar-refractivity contribution in [2.24, 2.45) is 0 Å². The number of quaternary nitrogens is 1. The van der Waals surface area contributed by atoms with Gasteiger partial charge in [-0.2, -0.15) is 0 Å². The molecule has 0 bridgehead atoms. The molecule has 0 saturated heterocycles. The van der Waals surface area contributed by atoms with Crippen LogP contribution < -0.4 is 24.3 Å². The highest BCUT2D eigenvalue weighted by Gasteiger charge is 2.14. The van der Waals surface area contributed by atoms with Gasteiger partial charge in [-0.1, -0.05) is 6.07 Å². The molecule has 1 aliphatic heterocycles. The molecular formula is C21H22NO4S+. The monoisotopic (exact) mass is 384 g/mol. The van der Waals surface area contributed by atoms with E-state index in [0.717, 1.165) is 36.1 Å². The maximum Gasteiger partial charge on any atom is 0.231 e. The third-order valence-electron chi connectivity index (χ3n) is 4.38. The third-order valence-corrected chi connectivity index (χ3v) is 5.23. The van der Waals surface area contributed by atoms with Gasteiger partial charge in [-0.25, -0.2) is 0 Å². The average molecular weight is 384 g/mol. The van der Waals surface area contributed by atoms with Crippen LogP contribution in [0.2, 0.25) is 0 Å². The molecule has 0 aliphatic carbocycles. The number of nitrogens with two attached hydrogens (primary N) is 1. The summed E-state index contributed by atoms with van der Waals surface area (Å²) in [6.45, 7) is 2.60. The topological polar surface area (TPSA) is 53.5 Å². The van der Waals surface area contributed by atoms with Gasteiger partial charge in [-0.3, -0.25) is 0 Å². The Hall–Kier alpha value is -2.70. The second-order valence-electron chi connectivity index (χ2n) is 6.24. The lowest BCUT2D eigenvalue weighted by Gasteiger charge is -2.11. The lowest BCUT2D eigenvalue weighted by Crippen LogP contribution is -2.80. The molecule has 0 unspecified atom stereocenters. The smallest absolute Gasteiger partial charge is 0.231 e. The van der Waals surface area contributed by atoms with E-state index in [4.69, 9.17) is 18.9 Å². The Morgan fingerprint density at radius 3 is 2.59 bits per heavy atom. The fourth-order valence-electron chi connectivity index (χ4n) is 2.98. The number of fused-ring (bicyclic) bond motifs is 1. The standard InChI is InChI=1S/C21H21NO4S/c1-23-20-9-15(4-6-18(20)24-13-17-3-2-8-27-17)11-22-12-16-5-7-19-21(10-16)26-14-25-19/h2-10,22H,11-14H2,1H3/p+1. The van der Waals surface area contributed by atoms with Crippen molar-refractivity contribution in [1.82, 2.24) is 0 Å². The summed E-state index contributed by atoms with van der Waals surface area (Å²) in [5.74, 6) is 3.18. The molecule has 1 aliphatic rings. The van der Waals surface area contributed by atoms with Crippen molar-refractivity contribution in [1.29, 1.82) is 0 Å². The molecule has 1 aromatic heterocycles. The summed E-state index contributed by atoms with van der Waals surface area (Å²) in [5.41, 5.74) is 2.40. The highest BCUT2D eigenvalue weighted by molar-refractivity contribution is 7.09. The van der Waals surface area contributed by atoms with E-state index in [9.17, 15) is 0 Å². The van der Waals surface area contributed by atoms with Gasteiger partial charge >= 0.3 is 0 Å². The van der Waals surface area contributed by atoms with Crippen LogP contribution in [0.3, 0.4) is 0 Å². The Balaban J connectivity index is 1.33. The van der Waals surface area contributed by atoms with Gasteiger partial charge in [0, 0.05) is 16.0 Å². The number of hydrogen-bond acceptors (Lipinski definition) is 5. The SMILES string of the molecule is COc1cc(C[NH2+]Cc2ccc3c(c2)OCO3)ccc1OCc1cccs1. The Bertz CT molecular complexity index is 895.